The molecule has 0 saturated heterocycles. The molecule has 2 aliphatic carbocycles. The molecular weight excluding hydrogens is 717 g/mol. The number of unbranched alkanes of at least 4 members (excludes halogenated alkanes) is 2. The van der Waals surface area contributed by atoms with Gasteiger partial charge in [0.25, 0.3) is 0 Å². The number of carbonyl (C=O) groups excluding carboxylic acids is 1. The van der Waals surface area contributed by atoms with E-state index in [1.165, 1.54) is 70.1 Å². The number of fused-ring (bicyclic) bond motifs is 7. The molecule has 5 aromatic rings. The van der Waals surface area contributed by atoms with Crippen LogP contribution in [0.25, 0.3) is 27.6 Å². The van der Waals surface area contributed by atoms with Crippen LogP contribution in [0.1, 0.15) is 132 Å². The van der Waals surface area contributed by atoms with Gasteiger partial charge in [-0.3, -0.25) is 4.79 Å². The molecule has 3 heterocycles. The number of carboxylic acids is 1. The van der Waals surface area contributed by atoms with Gasteiger partial charge in [0.05, 0.1) is 10.5 Å². The van der Waals surface area contributed by atoms with Gasteiger partial charge in [0.2, 0.25) is 0 Å². The molecular formula is C48H48N2O3S2. The molecule has 7 heteroatoms. The normalized spacial score (nSPS) is 21.5. The fourth-order valence-corrected chi connectivity index (χ4v) is 13.0. The van der Waals surface area contributed by atoms with Gasteiger partial charge in [-0.25, -0.2) is 4.79 Å². The Bertz CT molecular complexity index is 2470. The Morgan fingerprint density at radius 3 is 2.60 bits per heavy atom. The minimum Gasteiger partial charge on any atom is -0.478 e. The Balaban J connectivity index is 1.11. The number of rotatable bonds is 9. The predicted octanol–water partition coefficient (Wildman–Crippen LogP) is 12.5. The number of carbonyl (C=O) groups is 2. The zero-order chi connectivity index (χ0) is 38.2. The SMILES string of the molecule is C/C=S1/C(=C/c2sc(-c3ccc4c(c3)C3CCCC3N4c3ccc4c(c3)-c3ccccc3C4(C)C)cc2C(N)CCCCC)C(=O)c2ccc(C(=O)O)cc21. The number of nitrogens with two attached hydrogens (primary N) is 1. The molecule has 1 aromatic heterocycles. The summed E-state index contributed by atoms with van der Waals surface area (Å²) in [6.45, 7) is 8.85. The molecule has 4 atom stereocenters. The highest BCUT2D eigenvalue weighted by molar-refractivity contribution is 8.19. The van der Waals surface area contributed by atoms with Crippen LogP contribution in [0.4, 0.5) is 11.4 Å². The Labute approximate surface area is 330 Å². The van der Waals surface area contributed by atoms with Crippen molar-refractivity contribution in [2.24, 2.45) is 5.73 Å². The first-order valence-electron chi connectivity index (χ1n) is 19.8. The van der Waals surface area contributed by atoms with Crippen LogP contribution < -0.4 is 10.6 Å². The number of carboxylic acid groups (broad SMARTS) is 1. The Morgan fingerprint density at radius 2 is 1.80 bits per heavy atom. The van der Waals surface area contributed by atoms with Crippen LogP contribution in [-0.4, -0.2) is 28.3 Å². The minimum absolute atomic E-state index is 0.0138. The van der Waals surface area contributed by atoms with E-state index in [0.717, 1.165) is 45.9 Å². The van der Waals surface area contributed by atoms with Crippen molar-refractivity contribution < 1.29 is 14.7 Å². The Morgan fingerprint density at radius 1 is 0.982 bits per heavy atom. The molecule has 0 radical (unpaired) electrons. The molecule has 0 amide bonds. The van der Waals surface area contributed by atoms with Gasteiger partial charge in [0.1, 0.15) is 0 Å². The van der Waals surface area contributed by atoms with Crippen LogP contribution >= 0.6 is 21.8 Å². The second-order valence-corrected chi connectivity index (χ2v) is 19.2. The van der Waals surface area contributed by atoms with Gasteiger partial charge in [0, 0.05) is 55.0 Å². The first-order chi connectivity index (χ1) is 26.6. The number of hydrogen-bond donors (Lipinski definition) is 2. The van der Waals surface area contributed by atoms with E-state index in [1.807, 2.05) is 12.3 Å². The average molecular weight is 765 g/mol. The molecule has 3 N–H and O–H groups in total. The van der Waals surface area contributed by atoms with Gasteiger partial charge >= 0.3 is 5.97 Å². The summed E-state index contributed by atoms with van der Waals surface area (Å²) in [4.78, 5) is 32.0. The topological polar surface area (TPSA) is 83.6 Å². The standard InChI is InChI=1S/C48H48N2O3S2/c1-5-7-8-15-39(49)36-26-42(54-43(36)27-45-46(51)33-20-17-29(47(52)53)24-44(33)55(45)6-2)28-18-22-41-35(23-28)32-13-11-16-40(32)50(41)30-19-21-38-34(25-30)31-12-9-10-14-37(31)48(38,3)4/h6,9-10,12,14,17-27,32,39-40H,5,7-8,11,13,15-16,49H2,1-4H3,(H,52,53)/b45-27+. The molecule has 2 aliphatic heterocycles. The van der Waals surface area contributed by atoms with Crippen molar-refractivity contribution in [2.75, 3.05) is 4.90 Å². The minimum atomic E-state index is -0.987. The summed E-state index contributed by atoms with van der Waals surface area (Å²) in [5.41, 5.74) is 19.6. The third-order valence-corrected chi connectivity index (χ3v) is 15.8. The summed E-state index contributed by atoms with van der Waals surface area (Å²) < 4.78 is 0. The maximum atomic E-state index is 13.9. The number of nitrogens with zero attached hydrogens (tertiary/aromatic N) is 1. The second kappa shape index (κ2) is 13.9. The fraction of sp³-hybridized carbons (Fsp3) is 0.312. The summed E-state index contributed by atoms with van der Waals surface area (Å²) in [5.74, 6) is -0.534. The Kier molecular flexibility index (Phi) is 9.11. The maximum Gasteiger partial charge on any atom is 0.335 e. The maximum absolute atomic E-state index is 13.9. The lowest BCUT2D eigenvalue weighted by molar-refractivity contribution is 0.0696. The highest BCUT2D eigenvalue weighted by atomic mass is 32.2. The molecule has 55 heavy (non-hydrogen) atoms. The number of hydrogen-bond acceptors (Lipinski definition) is 5. The highest BCUT2D eigenvalue weighted by Crippen LogP contribution is 2.56. The van der Waals surface area contributed by atoms with Gasteiger partial charge < -0.3 is 15.7 Å². The molecule has 4 aromatic carbocycles. The summed E-state index contributed by atoms with van der Waals surface area (Å²) in [6, 6.07) is 30.6. The third-order valence-electron chi connectivity index (χ3n) is 12.6. The number of aromatic carboxylic acids is 1. The number of ketones is 1. The Hall–Kier alpha value is -4.56. The van der Waals surface area contributed by atoms with E-state index in [0.29, 0.717) is 22.4 Å². The van der Waals surface area contributed by atoms with E-state index in [2.05, 4.69) is 98.5 Å². The van der Waals surface area contributed by atoms with Gasteiger partial charge in [-0.2, -0.15) is 0 Å². The van der Waals surface area contributed by atoms with Gasteiger partial charge in [-0.1, -0.05) is 88.2 Å². The quantitative estimate of drug-likeness (QED) is 0.0887. The molecule has 0 spiro atoms. The largest absolute Gasteiger partial charge is 0.478 e. The van der Waals surface area contributed by atoms with Gasteiger partial charge in [0.15, 0.2) is 5.78 Å². The summed E-state index contributed by atoms with van der Waals surface area (Å²) in [6.07, 6.45) is 9.86. The summed E-state index contributed by atoms with van der Waals surface area (Å²) >= 11 is 1.72. The van der Waals surface area contributed by atoms with Crippen LogP contribution in [-0.2, 0) is 5.41 Å². The number of thiophene rings is 1. The second-order valence-electron chi connectivity index (χ2n) is 16.1. The number of Topliss-reactive ketones (excluding diaryl/α,β-unsaturated/α-hetero) is 1. The lowest BCUT2D eigenvalue weighted by Gasteiger charge is -2.28. The van der Waals surface area contributed by atoms with E-state index >= 15 is 0 Å². The predicted molar refractivity (Wildman–Crippen MR) is 231 cm³/mol. The van der Waals surface area contributed by atoms with Crippen molar-refractivity contribution in [1.29, 1.82) is 0 Å². The van der Waals surface area contributed by atoms with Crippen LogP contribution in [0.2, 0.25) is 0 Å². The number of anilines is 2. The molecule has 4 aliphatic rings. The molecule has 280 valence electrons. The monoisotopic (exact) mass is 764 g/mol. The van der Waals surface area contributed by atoms with Gasteiger partial charge in [-0.15, -0.1) is 21.8 Å². The average Bonchev–Trinajstić information content (AvgIpc) is 3.99. The zero-order valence-corrected chi connectivity index (χ0v) is 33.7. The van der Waals surface area contributed by atoms with Crippen molar-refractivity contribution in [3.63, 3.8) is 0 Å². The molecule has 1 fully saturated rings. The summed E-state index contributed by atoms with van der Waals surface area (Å²) in [5, 5.41) is 11.7. The molecule has 5 nitrogen and oxygen atoms in total. The molecule has 1 saturated carbocycles. The van der Waals surface area contributed by atoms with E-state index in [1.54, 1.807) is 23.5 Å². The summed E-state index contributed by atoms with van der Waals surface area (Å²) in [7, 11) is -0.626. The van der Waals surface area contributed by atoms with Crippen LogP contribution in [0.15, 0.2) is 94.7 Å². The fourth-order valence-electron chi connectivity index (χ4n) is 9.82. The lowest BCUT2D eigenvalue weighted by Crippen LogP contribution is -2.26. The van der Waals surface area contributed by atoms with E-state index < -0.39 is 16.5 Å². The molecule has 0 bridgehead atoms. The first kappa shape index (κ1) is 36.1. The first-order valence-corrected chi connectivity index (χ1v) is 21.9. The van der Waals surface area contributed by atoms with Crippen LogP contribution in [0, 0.1) is 0 Å². The zero-order valence-electron chi connectivity index (χ0n) is 32.0. The lowest BCUT2D eigenvalue weighted by atomic mass is 9.82. The van der Waals surface area contributed by atoms with Crippen molar-refractivity contribution in [3.8, 4) is 21.6 Å². The number of benzene rings is 4. The van der Waals surface area contributed by atoms with Crippen molar-refractivity contribution >= 4 is 56.4 Å². The highest BCUT2D eigenvalue weighted by Gasteiger charge is 2.43. The van der Waals surface area contributed by atoms with E-state index in [4.69, 9.17) is 5.73 Å². The third kappa shape index (κ3) is 5.81. The molecule has 4 unspecified atom stereocenters. The van der Waals surface area contributed by atoms with Crippen molar-refractivity contribution in [1.82, 2.24) is 0 Å². The van der Waals surface area contributed by atoms with Gasteiger partial charge in [-0.05, 0) is 120 Å². The smallest absolute Gasteiger partial charge is 0.335 e. The van der Waals surface area contributed by atoms with Crippen LogP contribution in [0.5, 0.6) is 0 Å². The van der Waals surface area contributed by atoms with Crippen LogP contribution in [0.3, 0.4) is 0 Å². The van der Waals surface area contributed by atoms with E-state index in [9.17, 15) is 14.7 Å². The van der Waals surface area contributed by atoms with Crippen molar-refractivity contribution in [3.05, 3.63) is 128 Å². The number of allylic oxidation sites excluding steroid dienone is 1. The van der Waals surface area contributed by atoms with E-state index in [-0.39, 0.29) is 22.8 Å². The van der Waals surface area contributed by atoms with Crippen molar-refractivity contribution in [2.45, 2.75) is 101 Å². The molecule has 9 rings (SSSR count).